The molecule has 88 valence electrons. The first-order valence-corrected chi connectivity index (χ1v) is 6.28. The Morgan fingerprint density at radius 3 is 3.00 bits per heavy atom. The van der Waals surface area contributed by atoms with Crippen molar-refractivity contribution in [1.29, 1.82) is 0 Å². The van der Waals surface area contributed by atoms with Crippen LogP contribution in [0.4, 0.5) is 0 Å². The zero-order valence-electron chi connectivity index (χ0n) is 10.2. The minimum absolute atomic E-state index is 0.745. The number of nitrogens with one attached hydrogen (secondary N) is 1. The number of rotatable bonds is 6. The summed E-state index contributed by atoms with van der Waals surface area (Å²) in [5.74, 6) is 2.59. The number of ether oxygens (including phenoxy) is 1. The maximum atomic E-state index is 5.53. The Morgan fingerprint density at radius 2 is 2.25 bits per heavy atom. The van der Waals surface area contributed by atoms with Crippen LogP contribution in [0.2, 0.25) is 0 Å². The molecule has 1 aliphatic rings. The highest BCUT2D eigenvalue weighted by atomic mass is 16.5. The molecule has 2 nitrogen and oxygen atoms in total. The summed E-state index contributed by atoms with van der Waals surface area (Å²) in [5.41, 5.74) is 1.44. The van der Waals surface area contributed by atoms with Gasteiger partial charge >= 0.3 is 0 Å². The lowest BCUT2D eigenvalue weighted by atomic mass is 10.1. The Kier molecular flexibility index (Phi) is 3.83. The van der Waals surface area contributed by atoms with Gasteiger partial charge in [-0.1, -0.05) is 19.1 Å². The van der Waals surface area contributed by atoms with Gasteiger partial charge in [-0.25, -0.2) is 0 Å². The van der Waals surface area contributed by atoms with Crippen molar-refractivity contribution in [3.05, 3.63) is 29.8 Å². The smallest absolute Gasteiger partial charge is 0.119 e. The van der Waals surface area contributed by atoms with Crippen LogP contribution in [0, 0.1) is 5.92 Å². The van der Waals surface area contributed by atoms with Crippen LogP contribution in [0.25, 0.3) is 0 Å². The molecule has 0 heterocycles. The molecule has 0 radical (unpaired) electrons. The topological polar surface area (TPSA) is 21.3 Å². The van der Waals surface area contributed by atoms with E-state index in [1.54, 1.807) is 0 Å². The highest BCUT2D eigenvalue weighted by Gasteiger charge is 2.37. The monoisotopic (exact) mass is 219 g/mol. The Hall–Kier alpha value is -1.02. The van der Waals surface area contributed by atoms with Crippen molar-refractivity contribution in [2.45, 2.75) is 26.2 Å². The normalized spacial score (nSPS) is 23.1. The van der Waals surface area contributed by atoms with E-state index in [1.807, 2.05) is 13.0 Å². The maximum absolute atomic E-state index is 5.53. The number of hydrogen-bond donors (Lipinski definition) is 1. The van der Waals surface area contributed by atoms with Crippen LogP contribution in [0.5, 0.6) is 5.75 Å². The van der Waals surface area contributed by atoms with Crippen LogP contribution >= 0.6 is 0 Å². The summed E-state index contributed by atoms with van der Waals surface area (Å²) < 4.78 is 5.53. The summed E-state index contributed by atoms with van der Waals surface area (Å²) in [6.45, 7) is 7.15. The van der Waals surface area contributed by atoms with Crippen LogP contribution in [-0.2, 0) is 0 Å². The van der Waals surface area contributed by atoms with Gasteiger partial charge in [0.15, 0.2) is 0 Å². The van der Waals surface area contributed by atoms with E-state index in [1.165, 1.54) is 12.0 Å². The molecular weight excluding hydrogens is 198 g/mol. The molecule has 1 fully saturated rings. The molecule has 0 saturated heterocycles. The lowest BCUT2D eigenvalue weighted by Crippen LogP contribution is -2.16. The lowest BCUT2D eigenvalue weighted by Gasteiger charge is -2.06. The van der Waals surface area contributed by atoms with Gasteiger partial charge in [0.1, 0.15) is 5.75 Å². The van der Waals surface area contributed by atoms with E-state index in [9.17, 15) is 0 Å². The quantitative estimate of drug-likeness (QED) is 0.794. The fourth-order valence-corrected chi connectivity index (χ4v) is 2.21. The van der Waals surface area contributed by atoms with E-state index in [2.05, 4.69) is 30.4 Å². The molecule has 0 aromatic heterocycles. The first-order valence-electron chi connectivity index (χ1n) is 6.28. The molecule has 2 atom stereocenters. The predicted molar refractivity (Wildman–Crippen MR) is 67.0 cm³/mol. The minimum atomic E-state index is 0.745. The third-order valence-electron chi connectivity index (χ3n) is 3.18. The largest absolute Gasteiger partial charge is 0.494 e. The maximum Gasteiger partial charge on any atom is 0.119 e. The average Bonchev–Trinajstić information content (AvgIpc) is 3.07. The molecular formula is C14H21NO. The summed E-state index contributed by atoms with van der Waals surface area (Å²) in [6.07, 6.45) is 1.32. The number of benzene rings is 1. The highest BCUT2D eigenvalue weighted by Crippen LogP contribution is 2.47. The summed E-state index contributed by atoms with van der Waals surface area (Å²) in [6, 6.07) is 8.55. The summed E-state index contributed by atoms with van der Waals surface area (Å²) in [5, 5.41) is 3.42. The third kappa shape index (κ3) is 2.76. The van der Waals surface area contributed by atoms with Gasteiger partial charge in [0.25, 0.3) is 0 Å². The molecule has 1 saturated carbocycles. The average molecular weight is 219 g/mol. The lowest BCUT2D eigenvalue weighted by molar-refractivity contribution is 0.340. The number of hydrogen-bond acceptors (Lipinski definition) is 2. The second-order valence-electron chi connectivity index (χ2n) is 4.42. The molecule has 16 heavy (non-hydrogen) atoms. The predicted octanol–water partition coefficient (Wildman–Crippen LogP) is 2.80. The van der Waals surface area contributed by atoms with Crippen molar-refractivity contribution >= 4 is 0 Å². The van der Waals surface area contributed by atoms with Gasteiger partial charge in [-0.15, -0.1) is 0 Å². The summed E-state index contributed by atoms with van der Waals surface area (Å²) >= 11 is 0. The second-order valence-corrected chi connectivity index (χ2v) is 4.42. The van der Waals surface area contributed by atoms with Crippen LogP contribution in [0.1, 0.15) is 31.7 Å². The van der Waals surface area contributed by atoms with E-state index >= 15 is 0 Å². The van der Waals surface area contributed by atoms with Gasteiger partial charge in [0, 0.05) is 0 Å². The van der Waals surface area contributed by atoms with Crippen molar-refractivity contribution in [2.24, 2.45) is 5.92 Å². The summed E-state index contributed by atoms with van der Waals surface area (Å²) in [7, 11) is 0. The molecule has 0 bridgehead atoms. The van der Waals surface area contributed by atoms with Gasteiger partial charge in [-0.05, 0) is 56.0 Å². The molecule has 1 aromatic rings. The van der Waals surface area contributed by atoms with Gasteiger partial charge in [-0.3, -0.25) is 0 Å². The van der Waals surface area contributed by atoms with Crippen LogP contribution in [0.15, 0.2) is 24.3 Å². The summed E-state index contributed by atoms with van der Waals surface area (Å²) in [4.78, 5) is 0. The molecule has 0 spiro atoms. The van der Waals surface area contributed by atoms with Gasteiger partial charge in [0.2, 0.25) is 0 Å². The SMILES string of the molecule is CCNCC1CC1c1cccc(OCC)c1. The van der Waals surface area contributed by atoms with Gasteiger partial charge in [0.05, 0.1) is 6.61 Å². The first kappa shape index (κ1) is 11.5. The zero-order chi connectivity index (χ0) is 11.4. The van der Waals surface area contributed by atoms with E-state index in [4.69, 9.17) is 4.74 Å². The fourth-order valence-electron chi connectivity index (χ4n) is 2.21. The Labute approximate surface area is 98.0 Å². The van der Waals surface area contributed by atoms with Crippen molar-refractivity contribution < 1.29 is 4.74 Å². The molecule has 1 aromatic carbocycles. The van der Waals surface area contributed by atoms with Crippen LogP contribution < -0.4 is 10.1 Å². The van der Waals surface area contributed by atoms with Crippen LogP contribution in [-0.4, -0.2) is 19.7 Å². The zero-order valence-corrected chi connectivity index (χ0v) is 10.2. The molecule has 2 unspecified atom stereocenters. The molecule has 1 N–H and O–H groups in total. The molecule has 2 rings (SSSR count). The van der Waals surface area contributed by atoms with Crippen molar-refractivity contribution in [3.63, 3.8) is 0 Å². The van der Waals surface area contributed by atoms with Gasteiger partial charge < -0.3 is 10.1 Å². The van der Waals surface area contributed by atoms with Gasteiger partial charge in [-0.2, -0.15) is 0 Å². The van der Waals surface area contributed by atoms with Crippen molar-refractivity contribution in [2.75, 3.05) is 19.7 Å². The van der Waals surface area contributed by atoms with E-state index in [-0.39, 0.29) is 0 Å². The Morgan fingerprint density at radius 1 is 1.38 bits per heavy atom. The molecule has 1 aliphatic carbocycles. The fraction of sp³-hybridized carbons (Fsp3) is 0.571. The van der Waals surface area contributed by atoms with Crippen LogP contribution in [0.3, 0.4) is 0 Å². The van der Waals surface area contributed by atoms with Crippen molar-refractivity contribution in [1.82, 2.24) is 5.32 Å². The Bertz CT molecular complexity index is 337. The highest BCUT2D eigenvalue weighted by molar-refractivity contribution is 5.34. The second kappa shape index (κ2) is 5.35. The Balaban J connectivity index is 1.92. The standard InChI is InChI=1S/C14H21NO/c1-3-15-10-12-9-14(12)11-6-5-7-13(8-11)16-4-2/h5-8,12,14-15H,3-4,9-10H2,1-2H3. The molecule has 2 heteroatoms. The third-order valence-corrected chi connectivity index (χ3v) is 3.18. The van der Waals surface area contributed by atoms with Crippen molar-refractivity contribution in [3.8, 4) is 5.75 Å². The molecule has 0 amide bonds. The van der Waals surface area contributed by atoms with E-state index in [0.29, 0.717) is 0 Å². The molecule has 0 aliphatic heterocycles. The van der Waals surface area contributed by atoms with E-state index < -0.39 is 0 Å². The van der Waals surface area contributed by atoms with E-state index in [0.717, 1.165) is 37.3 Å². The first-order chi connectivity index (χ1) is 7.85. The minimum Gasteiger partial charge on any atom is -0.494 e.